The average molecular weight is 276 g/mol. The molecule has 0 aromatic carbocycles. The quantitative estimate of drug-likeness (QED) is 0.880. The molecule has 5 heteroatoms. The first kappa shape index (κ1) is 13.6. The fourth-order valence-corrected chi connectivity index (χ4v) is 3.28. The van der Waals surface area contributed by atoms with Crippen LogP contribution in [0.5, 0.6) is 0 Å². The van der Waals surface area contributed by atoms with Crippen LogP contribution in [0.15, 0.2) is 0 Å². The lowest BCUT2D eigenvalue weighted by molar-refractivity contribution is 0.0951. The minimum Gasteiger partial charge on any atom is -0.351 e. The molecular formula is C15H24N4O. The molecule has 0 bridgehead atoms. The van der Waals surface area contributed by atoms with Crippen LogP contribution >= 0.6 is 0 Å². The summed E-state index contributed by atoms with van der Waals surface area (Å²) < 4.78 is 0. The molecule has 1 fully saturated rings. The van der Waals surface area contributed by atoms with Gasteiger partial charge in [-0.3, -0.25) is 4.79 Å². The summed E-state index contributed by atoms with van der Waals surface area (Å²) in [6, 6.07) is 0. The first-order chi connectivity index (χ1) is 9.63. The second-order valence-electron chi connectivity index (χ2n) is 6.45. The predicted molar refractivity (Wildman–Crippen MR) is 77.9 cm³/mol. The van der Waals surface area contributed by atoms with Crippen molar-refractivity contribution in [2.45, 2.75) is 39.0 Å². The molecule has 2 aliphatic rings. The molecule has 1 unspecified atom stereocenters. The van der Waals surface area contributed by atoms with Crippen molar-refractivity contribution in [1.29, 1.82) is 0 Å². The maximum absolute atomic E-state index is 11.9. The lowest BCUT2D eigenvalue weighted by Gasteiger charge is -2.17. The Balaban J connectivity index is 1.73. The number of hydrogen-bond donors (Lipinski definition) is 2. The van der Waals surface area contributed by atoms with Crippen LogP contribution in [0.3, 0.4) is 0 Å². The predicted octanol–water partition coefficient (Wildman–Crippen LogP) is 1.53. The second kappa shape index (κ2) is 5.56. The maximum atomic E-state index is 11.9. The molecule has 1 saturated heterocycles. The highest BCUT2D eigenvalue weighted by Gasteiger charge is 2.29. The van der Waals surface area contributed by atoms with Crippen molar-refractivity contribution in [1.82, 2.24) is 20.2 Å². The fraction of sp³-hybridized carbons (Fsp3) is 0.733. The smallest absolute Gasteiger partial charge is 0.271 e. The van der Waals surface area contributed by atoms with Gasteiger partial charge in [0, 0.05) is 31.2 Å². The molecule has 0 spiro atoms. The van der Waals surface area contributed by atoms with Crippen LogP contribution in [0.25, 0.3) is 0 Å². The Bertz CT molecular complexity index is 494. The van der Waals surface area contributed by atoms with E-state index in [4.69, 9.17) is 0 Å². The molecule has 20 heavy (non-hydrogen) atoms. The van der Waals surface area contributed by atoms with E-state index in [0.717, 1.165) is 57.0 Å². The zero-order chi connectivity index (χ0) is 14.1. The third-order valence-electron chi connectivity index (χ3n) is 4.18. The summed E-state index contributed by atoms with van der Waals surface area (Å²) in [6.07, 6.45) is 3.05. The van der Waals surface area contributed by atoms with Gasteiger partial charge in [0.15, 0.2) is 0 Å². The van der Waals surface area contributed by atoms with E-state index < -0.39 is 0 Å². The molecule has 3 heterocycles. The van der Waals surface area contributed by atoms with Crippen molar-refractivity contribution < 1.29 is 4.79 Å². The van der Waals surface area contributed by atoms with Crippen molar-refractivity contribution in [2.75, 3.05) is 26.2 Å². The van der Waals surface area contributed by atoms with Crippen molar-refractivity contribution in [3.63, 3.8) is 0 Å². The van der Waals surface area contributed by atoms with Gasteiger partial charge in [0.1, 0.15) is 11.5 Å². The molecule has 3 rings (SSSR count). The van der Waals surface area contributed by atoms with E-state index in [2.05, 4.69) is 34.0 Å². The lowest BCUT2D eigenvalue weighted by Crippen LogP contribution is -2.25. The topological polar surface area (TPSA) is 61.0 Å². The van der Waals surface area contributed by atoms with Gasteiger partial charge in [0.05, 0.1) is 0 Å². The maximum Gasteiger partial charge on any atom is 0.271 e. The number of nitrogens with one attached hydrogen (secondary N) is 2. The van der Waals surface area contributed by atoms with Gasteiger partial charge in [-0.1, -0.05) is 13.8 Å². The zero-order valence-electron chi connectivity index (χ0n) is 12.4. The monoisotopic (exact) mass is 276 g/mol. The normalized spacial score (nSPS) is 23.8. The summed E-state index contributed by atoms with van der Waals surface area (Å²) in [6.45, 7) is 8.62. The van der Waals surface area contributed by atoms with E-state index in [1.807, 2.05) is 0 Å². The van der Waals surface area contributed by atoms with E-state index in [1.165, 1.54) is 0 Å². The SMILES string of the molecule is CC(C)CN1CCC(c2nc3c([nH]2)CCCNC3=O)C1. The van der Waals surface area contributed by atoms with Crippen molar-refractivity contribution in [3.8, 4) is 0 Å². The van der Waals surface area contributed by atoms with E-state index in [0.29, 0.717) is 17.5 Å². The first-order valence-electron chi connectivity index (χ1n) is 7.73. The molecule has 1 aromatic rings. The van der Waals surface area contributed by atoms with Crippen LogP contribution < -0.4 is 5.32 Å². The third-order valence-corrected chi connectivity index (χ3v) is 4.18. The average Bonchev–Trinajstić information content (AvgIpc) is 2.97. The molecule has 1 amide bonds. The molecule has 0 saturated carbocycles. The van der Waals surface area contributed by atoms with Crippen LogP contribution in [0.1, 0.15) is 54.6 Å². The van der Waals surface area contributed by atoms with Crippen LogP contribution in [0.4, 0.5) is 0 Å². The number of H-pyrrole nitrogens is 1. The van der Waals surface area contributed by atoms with Crippen molar-refractivity contribution in [2.24, 2.45) is 5.92 Å². The minimum absolute atomic E-state index is 0.0166. The van der Waals surface area contributed by atoms with Crippen molar-refractivity contribution >= 4 is 5.91 Å². The highest BCUT2D eigenvalue weighted by atomic mass is 16.1. The number of fused-ring (bicyclic) bond motifs is 1. The number of rotatable bonds is 3. The summed E-state index contributed by atoms with van der Waals surface area (Å²) in [7, 11) is 0. The van der Waals surface area contributed by atoms with Crippen LogP contribution in [0, 0.1) is 5.92 Å². The lowest BCUT2D eigenvalue weighted by atomic mass is 10.1. The van der Waals surface area contributed by atoms with E-state index >= 15 is 0 Å². The molecule has 110 valence electrons. The first-order valence-corrected chi connectivity index (χ1v) is 7.73. The highest BCUT2D eigenvalue weighted by Crippen LogP contribution is 2.27. The third kappa shape index (κ3) is 2.73. The van der Waals surface area contributed by atoms with Gasteiger partial charge in [0.2, 0.25) is 0 Å². The van der Waals surface area contributed by atoms with Crippen LogP contribution in [-0.4, -0.2) is 47.0 Å². The van der Waals surface area contributed by atoms with Gasteiger partial charge in [0.25, 0.3) is 5.91 Å². The molecule has 0 radical (unpaired) electrons. The number of aromatic amines is 1. The zero-order valence-corrected chi connectivity index (χ0v) is 12.4. The van der Waals surface area contributed by atoms with Gasteiger partial charge < -0.3 is 15.2 Å². The standard InChI is InChI=1S/C15H24N4O/c1-10(2)8-19-7-5-11(9-19)14-17-12-4-3-6-16-15(20)13(12)18-14/h10-11H,3-9H2,1-2H3,(H,16,20)(H,17,18). The molecule has 2 aliphatic heterocycles. The van der Waals surface area contributed by atoms with E-state index in [-0.39, 0.29) is 5.91 Å². The largest absolute Gasteiger partial charge is 0.351 e. The number of carbonyl (C=O) groups excluding carboxylic acids is 1. The molecule has 2 N–H and O–H groups in total. The molecule has 1 aromatic heterocycles. The Morgan fingerprint density at radius 2 is 2.30 bits per heavy atom. The summed E-state index contributed by atoms with van der Waals surface area (Å²) in [4.78, 5) is 22.5. The summed E-state index contributed by atoms with van der Waals surface area (Å²) >= 11 is 0. The van der Waals surface area contributed by atoms with Gasteiger partial charge >= 0.3 is 0 Å². The summed E-state index contributed by atoms with van der Waals surface area (Å²) in [5.74, 6) is 2.15. The summed E-state index contributed by atoms with van der Waals surface area (Å²) in [5.41, 5.74) is 1.65. The Kier molecular flexibility index (Phi) is 3.78. The Hall–Kier alpha value is -1.36. The molecule has 1 atom stereocenters. The van der Waals surface area contributed by atoms with Crippen molar-refractivity contribution in [3.05, 3.63) is 17.2 Å². The molecule has 0 aliphatic carbocycles. The van der Waals surface area contributed by atoms with Gasteiger partial charge in [-0.05, 0) is 31.7 Å². The van der Waals surface area contributed by atoms with E-state index in [1.54, 1.807) is 0 Å². The molecular weight excluding hydrogens is 252 g/mol. The number of likely N-dealkylation sites (tertiary alicyclic amines) is 1. The number of hydrogen-bond acceptors (Lipinski definition) is 3. The van der Waals surface area contributed by atoms with Gasteiger partial charge in [-0.25, -0.2) is 4.98 Å². The Labute approximate surface area is 120 Å². The number of amides is 1. The second-order valence-corrected chi connectivity index (χ2v) is 6.45. The van der Waals surface area contributed by atoms with E-state index in [9.17, 15) is 4.79 Å². The number of carbonyl (C=O) groups is 1. The van der Waals surface area contributed by atoms with Crippen LogP contribution in [-0.2, 0) is 6.42 Å². The fourth-order valence-electron chi connectivity index (χ4n) is 3.28. The molecule has 5 nitrogen and oxygen atoms in total. The number of aromatic nitrogens is 2. The summed E-state index contributed by atoms with van der Waals surface area (Å²) in [5, 5.41) is 2.91. The minimum atomic E-state index is -0.0166. The number of imidazole rings is 1. The number of nitrogens with zero attached hydrogens (tertiary/aromatic N) is 2. The number of aryl methyl sites for hydroxylation is 1. The highest BCUT2D eigenvalue weighted by molar-refractivity contribution is 5.93. The van der Waals surface area contributed by atoms with Gasteiger partial charge in [-0.15, -0.1) is 0 Å². The Morgan fingerprint density at radius 1 is 1.45 bits per heavy atom. The van der Waals surface area contributed by atoms with Crippen LogP contribution in [0.2, 0.25) is 0 Å². The van der Waals surface area contributed by atoms with Gasteiger partial charge in [-0.2, -0.15) is 0 Å². The Morgan fingerprint density at radius 3 is 3.10 bits per heavy atom.